The van der Waals surface area contributed by atoms with Gasteiger partial charge in [-0.05, 0) is 24.3 Å². The third kappa shape index (κ3) is 3.40. The highest BCUT2D eigenvalue weighted by Gasteiger charge is 2.56. The Balaban J connectivity index is 1.47. The van der Waals surface area contributed by atoms with Crippen LogP contribution in [0.4, 0.5) is 0 Å². The number of esters is 2. The van der Waals surface area contributed by atoms with Gasteiger partial charge in [0.15, 0.2) is 24.6 Å². The number of rotatable bonds is 4. The molecule has 4 atom stereocenters. The number of carbonyl (C=O) groups is 2. The van der Waals surface area contributed by atoms with Crippen molar-refractivity contribution in [1.29, 1.82) is 0 Å². The summed E-state index contributed by atoms with van der Waals surface area (Å²) in [5.41, 5.74) is 0.855. The Morgan fingerprint density at radius 2 is 1.40 bits per heavy atom. The second-order valence-electron chi connectivity index (χ2n) is 5.85. The molecule has 2 fully saturated rings. The Bertz CT molecular complexity index is 760. The number of ether oxygens (including phenoxy) is 4. The topological polar surface area (TPSA) is 74.4 Å². The van der Waals surface area contributed by atoms with Crippen LogP contribution in [0.2, 0.25) is 0 Å². The fraction of sp³-hybridized carbons (Fsp3) is 0.263. The molecule has 0 aromatic heterocycles. The summed E-state index contributed by atoms with van der Waals surface area (Å²) in [6.45, 7) is 0.118. The van der Waals surface area contributed by atoms with E-state index in [1.807, 2.05) is 12.1 Å². The highest BCUT2D eigenvalue weighted by molar-refractivity contribution is 5.90. The van der Waals surface area contributed by atoms with E-state index in [0.717, 1.165) is 0 Å². The molecular formula is C19H16O6. The van der Waals surface area contributed by atoms with Gasteiger partial charge in [-0.1, -0.05) is 36.4 Å². The van der Waals surface area contributed by atoms with Crippen LogP contribution < -0.4 is 0 Å². The Morgan fingerprint density at radius 1 is 0.840 bits per heavy atom. The molecule has 4 rings (SSSR count). The number of carbonyl (C=O) groups excluding carboxylic acids is 2. The molecule has 0 spiro atoms. The smallest absolute Gasteiger partial charge is 0.338 e. The fourth-order valence-corrected chi connectivity index (χ4v) is 2.76. The molecule has 0 unspecified atom stereocenters. The van der Waals surface area contributed by atoms with Crippen LogP contribution in [0.25, 0.3) is 0 Å². The molecule has 128 valence electrons. The maximum atomic E-state index is 12.3. The first-order valence-electron chi connectivity index (χ1n) is 8.01. The molecule has 0 aliphatic carbocycles. The van der Waals surface area contributed by atoms with Gasteiger partial charge in [-0.15, -0.1) is 0 Å². The Kier molecular flexibility index (Phi) is 4.21. The van der Waals surface area contributed by atoms with Gasteiger partial charge >= 0.3 is 11.9 Å². The van der Waals surface area contributed by atoms with Gasteiger partial charge in [0.05, 0.1) is 17.7 Å². The largest absolute Gasteiger partial charge is 0.452 e. The molecule has 25 heavy (non-hydrogen) atoms. The molecule has 0 saturated carbocycles. The number of hydrogen-bond acceptors (Lipinski definition) is 6. The minimum absolute atomic E-state index is 0.118. The number of benzene rings is 2. The summed E-state index contributed by atoms with van der Waals surface area (Å²) in [5.74, 6) is -0.975. The molecule has 0 amide bonds. The summed E-state index contributed by atoms with van der Waals surface area (Å²) in [7, 11) is 0. The maximum Gasteiger partial charge on any atom is 0.338 e. The predicted octanol–water partition coefficient (Wildman–Crippen LogP) is 2.19. The lowest BCUT2D eigenvalue weighted by atomic mass is 10.1. The van der Waals surface area contributed by atoms with Crippen molar-refractivity contribution in [1.82, 2.24) is 0 Å². The van der Waals surface area contributed by atoms with Crippen LogP contribution in [-0.4, -0.2) is 43.1 Å². The van der Waals surface area contributed by atoms with E-state index >= 15 is 0 Å². The fourth-order valence-electron chi connectivity index (χ4n) is 2.76. The molecule has 2 aliphatic heterocycles. The first-order valence-corrected chi connectivity index (χ1v) is 8.01. The minimum atomic E-state index is -0.718. The Morgan fingerprint density at radius 3 is 2.00 bits per heavy atom. The van der Waals surface area contributed by atoms with E-state index < -0.39 is 36.5 Å². The second kappa shape index (κ2) is 6.66. The summed E-state index contributed by atoms with van der Waals surface area (Å²) in [4.78, 5) is 24.6. The number of hydrogen-bond donors (Lipinski definition) is 0. The lowest BCUT2D eigenvalue weighted by Crippen LogP contribution is -2.46. The zero-order chi connectivity index (χ0) is 17.2. The van der Waals surface area contributed by atoms with Gasteiger partial charge in [0.1, 0.15) is 0 Å². The zero-order valence-corrected chi connectivity index (χ0v) is 13.2. The van der Waals surface area contributed by atoms with Crippen LogP contribution in [0.1, 0.15) is 20.7 Å². The molecule has 2 aliphatic rings. The molecule has 0 N–H and O–H groups in total. The number of epoxide rings is 1. The molecule has 0 radical (unpaired) electrons. The van der Waals surface area contributed by atoms with Crippen LogP contribution in [0.5, 0.6) is 0 Å². The van der Waals surface area contributed by atoms with Crippen LogP contribution in [-0.2, 0) is 18.9 Å². The average molecular weight is 340 g/mol. The second-order valence-corrected chi connectivity index (χ2v) is 5.85. The molecule has 0 bridgehead atoms. The van der Waals surface area contributed by atoms with E-state index in [4.69, 9.17) is 18.9 Å². The van der Waals surface area contributed by atoms with Crippen LogP contribution in [0.3, 0.4) is 0 Å². The van der Waals surface area contributed by atoms with Crippen LogP contribution in [0.15, 0.2) is 60.7 Å². The summed E-state index contributed by atoms with van der Waals surface area (Å²) in [6.07, 6.45) is -2.22. The van der Waals surface area contributed by atoms with Gasteiger partial charge in [0.2, 0.25) is 0 Å². The van der Waals surface area contributed by atoms with E-state index in [2.05, 4.69) is 0 Å². The highest BCUT2D eigenvalue weighted by Crippen LogP contribution is 2.36. The van der Waals surface area contributed by atoms with Crippen molar-refractivity contribution in [2.75, 3.05) is 6.61 Å². The molecule has 2 heterocycles. The first kappa shape index (κ1) is 15.8. The van der Waals surface area contributed by atoms with Gasteiger partial charge in [0, 0.05) is 0 Å². The van der Waals surface area contributed by atoms with Gasteiger partial charge in [-0.3, -0.25) is 0 Å². The van der Waals surface area contributed by atoms with Crippen molar-refractivity contribution in [3.05, 3.63) is 71.8 Å². The summed E-state index contributed by atoms with van der Waals surface area (Å²) in [5, 5.41) is 0. The third-order valence-corrected chi connectivity index (χ3v) is 4.12. The monoisotopic (exact) mass is 340 g/mol. The standard InChI is InChI=1S/C19H16O6/c20-17(12-7-3-1-4-8-12)23-14-11-22-19-16(25-19)15(14)24-18(21)13-9-5-2-6-10-13/h1-10,14-16,19H,11H2/t14-,15-,16+,19+/m0/s1. The molecule has 2 aromatic rings. The lowest BCUT2D eigenvalue weighted by Gasteiger charge is -2.28. The number of fused-ring (bicyclic) bond motifs is 1. The van der Waals surface area contributed by atoms with Gasteiger partial charge in [0.25, 0.3) is 0 Å². The van der Waals surface area contributed by atoms with E-state index in [1.165, 1.54) is 0 Å². The minimum Gasteiger partial charge on any atom is -0.452 e. The SMILES string of the molecule is O=C(O[C@@H]1[C@H]2O[C@H]2OC[C@@H]1OC(=O)c1ccccc1)c1ccccc1. The van der Waals surface area contributed by atoms with Crippen molar-refractivity contribution in [3.8, 4) is 0 Å². The lowest BCUT2D eigenvalue weighted by molar-refractivity contribution is -0.0940. The zero-order valence-electron chi connectivity index (χ0n) is 13.2. The van der Waals surface area contributed by atoms with Gasteiger partial charge in [-0.25, -0.2) is 9.59 Å². The quantitative estimate of drug-likeness (QED) is 0.627. The molecule has 6 heteroatoms. The van der Waals surface area contributed by atoms with Crippen molar-refractivity contribution >= 4 is 11.9 Å². The Labute approximate surface area is 144 Å². The van der Waals surface area contributed by atoms with Gasteiger partial charge in [-0.2, -0.15) is 0 Å². The summed E-state index contributed by atoms with van der Waals surface area (Å²) in [6, 6.07) is 17.3. The van der Waals surface area contributed by atoms with Crippen LogP contribution in [0, 0.1) is 0 Å². The molecule has 2 saturated heterocycles. The maximum absolute atomic E-state index is 12.3. The third-order valence-electron chi connectivity index (χ3n) is 4.12. The predicted molar refractivity (Wildman–Crippen MR) is 85.9 cm³/mol. The average Bonchev–Trinajstić information content (AvgIpc) is 3.45. The summed E-state index contributed by atoms with van der Waals surface area (Å²) >= 11 is 0. The van der Waals surface area contributed by atoms with E-state index in [-0.39, 0.29) is 6.61 Å². The van der Waals surface area contributed by atoms with Crippen molar-refractivity contribution in [2.24, 2.45) is 0 Å². The van der Waals surface area contributed by atoms with Crippen LogP contribution >= 0.6 is 0 Å². The van der Waals surface area contributed by atoms with Crippen molar-refractivity contribution in [2.45, 2.75) is 24.6 Å². The van der Waals surface area contributed by atoms with E-state index in [1.54, 1.807) is 48.5 Å². The first-order chi connectivity index (χ1) is 12.2. The van der Waals surface area contributed by atoms with Crippen molar-refractivity contribution in [3.63, 3.8) is 0 Å². The van der Waals surface area contributed by atoms with E-state index in [9.17, 15) is 9.59 Å². The van der Waals surface area contributed by atoms with Crippen molar-refractivity contribution < 1.29 is 28.5 Å². The Hall–Kier alpha value is -2.70. The highest BCUT2D eigenvalue weighted by atomic mass is 16.8. The normalized spacial score (nSPS) is 27.0. The van der Waals surface area contributed by atoms with E-state index in [0.29, 0.717) is 11.1 Å². The molecule has 2 aromatic carbocycles. The molecule has 6 nitrogen and oxygen atoms in total. The summed E-state index contributed by atoms with van der Waals surface area (Å²) < 4.78 is 21.8. The molecular weight excluding hydrogens is 324 g/mol. The van der Waals surface area contributed by atoms with Gasteiger partial charge < -0.3 is 18.9 Å².